The van der Waals surface area contributed by atoms with E-state index in [2.05, 4.69) is 10.6 Å². The van der Waals surface area contributed by atoms with Gasteiger partial charge in [-0.3, -0.25) is 0 Å². The van der Waals surface area contributed by atoms with Crippen molar-refractivity contribution >= 4 is 27.2 Å². The summed E-state index contributed by atoms with van der Waals surface area (Å²) in [7, 11) is -2.52. The molecule has 28 heavy (non-hydrogen) atoms. The minimum absolute atomic E-state index is 0.237. The van der Waals surface area contributed by atoms with Crippen LogP contribution in [0.15, 0.2) is 54.6 Å². The van der Waals surface area contributed by atoms with Gasteiger partial charge in [-0.25, -0.2) is 13.6 Å². The number of sulfonamides is 1. The van der Waals surface area contributed by atoms with Gasteiger partial charge >= 0.3 is 0 Å². The molecule has 2 aromatic carbocycles. The van der Waals surface area contributed by atoms with E-state index in [1.54, 1.807) is 31.4 Å². The average molecular weight is 420 g/mol. The van der Waals surface area contributed by atoms with Gasteiger partial charge in [-0.1, -0.05) is 54.7 Å². The molecule has 1 heterocycles. The Morgan fingerprint density at radius 1 is 1.14 bits per heavy atom. The van der Waals surface area contributed by atoms with Crippen LogP contribution in [0.25, 0.3) is 0 Å². The van der Waals surface area contributed by atoms with Gasteiger partial charge in [0, 0.05) is 5.92 Å². The predicted molar refractivity (Wildman–Crippen MR) is 115 cm³/mol. The van der Waals surface area contributed by atoms with E-state index in [1.807, 2.05) is 30.3 Å². The molecule has 8 heteroatoms. The van der Waals surface area contributed by atoms with Gasteiger partial charge in [-0.05, 0) is 43.6 Å². The van der Waals surface area contributed by atoms with E-state index in [-0.39, 0.29) is 10.9 Å². The Bertz CT molecular complexity index is 929. The smallest absolute Gasteiger partial charge is 0.237 e. The molecule has 1 fully saturated rings. The fraction of sp³-hybridized carbons (Fsp3) is 0.350. The van der Waals surface area contributed by atoms with Crippen molar-refractivity contribution in [3.63, 3.8) is 0 Å². The van der Waals surface area contributed by atoms with E-state index in [0.29, 0.717) is 29.7 Å². The summed E-state index contributed by atoms with van der Waals surface area (Å²) in [6.45, 7) is 1.44. The Hall–Kier alpha value is -2.00. The molecule has 2 aromatic rings. The number of nitrogens with one attached hydrogen (secondary N) is 2. The lowest BCUT2D eigenvalue weighted by atomic mass is 9.85. The van der Waals surface area contributed by atoms with Gasteiger partial charge in [0.05, 0.1) is 12.7 Å². The minimum atomic E-state index is -4.07. The second kappa shape index (κ2) is 8.57. The maximum Gasteiger partial charge on any atom is 0.237 e. The number of rotatable bonds is 6. The van der Waals surface area contributed by atoms with Gasteiger partial charge in [-0.15, -0.1) is 0 Å². The lowest BCUT2D eigenvalue weighted by molar-refractivity contribution is 0.265. The summed E-state index contributed by atoms with van der Waals surface area (Å²) in [4.78, 5) is -1.23. The van der Waals surface area contributed by atoms with Crippen LogP contribution in [0.5, 0.6) is 5.75 Å². The van der Waals surface area contributed by atoms with Crippen molar-refractivity contribution in [2.24, 2.45) is 11.1 Å². The second-order valence-corrected chi connectivity index (χ2v) is 8.97. The van der Waals surface area contributed by atoms with Crippen LogP contribution in [0, 0.1) is 5.92 Å². The molecule has 6 nitrogen and oxygen atoms in total. The normalized spacial score (nSPS) is 17.5. The lowest BCUT2D eigenvalue weighted by Gasteiger charge is -2.42. The van der Waals surface area contributed by atoms with E-state index >= 15 is 0 Å². The van der Waals surface area contributed by atoms with Crippen molar-refractivity contribution in [3.8, 4) is 5.75 Å². The maximum atomic E-state index is 13.1. The average Bonchev–Trinajstić information content (AvgIpc) is 2.72. The summed E-state index contributed by atoms with van der Waals surface area (Å²) < 4.78 is 31.6. The third-order valence-electron chi connectivity index (χ3n) is 5.22. The van der Waals surface area contributed by atoms with Gasteiger partial charge in [0.1, 0.15) is 10.7 Å². The van der Waals surface area contributed by atoms with Crippen LogP contribution >= 0.6 is 12.2 Å². The Kier molecular flexibility index (Phi) is 6.34. The standard InChI is InChI=1S/C20H25N3O3S2/c1-26-18-10-6-5-9-17(18)19(27)23-20(28(21,24)25,15-7-3-2-4-8-15)16-11-13-22-14-12-16/h2-10,16,22H,11-14H2,1H3,(H,23,27)(H2,21,24,25). The summed E-state index contributed by atoms with van der Waals surface area (Å²) in [5, 5.41) is 12.3. The van der Waals surface area contributed by atoms with Crippen LogP contribution in [-0.4, -0.2) is 33.6 Å². The van der Waals surface area contributed by atoms with E-state index in [1.165, 1.54) is 0 Å². The molecule has 0 bridgehead atoms. The summed E-state index contributed by atoms with van der Waals surface area (Å²) in [6, 6.07) is 16.3. The number of primary sulfonamides is 1. The number of hydrogen-bond donors (Lipinski definition) is 3. The molecule has 3 rings (SSSR count). The van der Waals surface area contributed by atoms with Crippen LogP contribution in [-0.2, 0) is 14.9 Å². The molecule has 0 radical (unpaired) electrons. The largest absolute Gasteiger partial charge is 0.496 e. The van der Waals surface area contributed by atoms with Crippen molar-refractivity contribution in [2.45, 2.75) is 17.7 Å². The maximum absolute atomic E-state index is 13.1. The van der Waals surface area contributed by atoms with Gasteiger partial charge < -0.3 is 15.4 Å². The first-order chi connectivity index (χ1) is 13.4. The highest BCUT2D eigenvalue weighted by molar-refractivity contribution is 7.90. The number of para-hydroxylation sites is 1. The topological polar surface area (TPSA) is 93.4 Å². The molecule has 1 saturated heterocycles. The van der Waals surface area contributed by atoms with Crippen LogP contribution in [0.1, 0.15) is 24.0 Å². The summed E-state index contributed by atoms with van der Waals surface area (Å²) in [6.07, 6.45) is 1.32. The van der Waals surface area contributed by atoms with Crippen LogP contribution in [0.4, 0.5) is 0 Å². The summed E-state index contributed by atoms with van der Waals surface area (Å²) >= 11 is 5.63. The molecule has 0 aromatic heterocycles. The molecule has 150 valence electrons. The van der Waals surface area contributed by atoms with Gasteiger partial charge in [0.25, 0.3) is 0 Å². The second-order valence-electron chi connectivity index (χ2n) is 6.83. The molecule has 4 N–H and O–H groups in total. The van der Waals surface area contributed by atoms with Gasteiger partial charge in [0.15, 0.2) is 4.87 Å². The third kappa shape index (κ3) is 3.91. The lowest BCUT2D eigenvalue weighted by Crippen LogP contribution is -2.60. The van der Waals surface area contributed by atoms with E-state index < -0.39 is 14.9 Å². The van der Waals surface area contributed by atoms with Crippen LogP contribution in [0.3, 0.4) is 0 Å². The van der Waals surface area contributed by atoms with Crippen LogP contribution < -0.4 is 20.5 Å². The number of benzene rings is 2. The zero-order chi connectivity index (χ0) is 20.2. The molecular weight excluding hydrogens is 394 g/mol. The minimum Gasteiger partial charge on any atom is -0.496 e. The number of piperidine rings is 1. The molecule has 1 aliphatic rings. The molecule has 0 spiro atoms. The number of nitrogens with two attached hydrogens (primary N) is 1. The van der Waals surface area contributed by atoms with Crippen LogP contribution in [0.2, 0.25) is 0 Å². The predicted octanol–water partition coefficient (Wildman–Crippen LogP) is 2.10. The van der Waals surface area contributed by atoms with E-state index in [4.69, 9.17) is 22.1 Å². The van der Waals surface area contributed by atoms with Crippen molar-refractivity contribution in [1.29, 1.82) is 0 Å². The fourth-order valence-electron chi connectivity index (χ4n) is 3.86. The Labute approximate surface area is 171 Å². The molecule has 0 saturated carbocycles. The molecule has 0 aliphatic carbocycles. The summed E-state index contributed by atoms with van der Waals surface area (Å²) in [5.41, 5.74) is 1.21. The SMILES string of the molecule is COc1ccccc1C(=S)NC(c1ccccc1)(C1CCNCC1)S(N)(=O)=O. The van der Waals surface area contributed by atoms with Crippen molar-refractivity contribution in [3.05, 3.63) is 65.7 Å². The number of hydrogen-bond acceptors (Lipinski definition) is 5. The number of thiocarbonyl (C=S) groups is 1. The quantitative estimate of drug-likeness (QED) is 0.621. The highest BCUT2D eigenvalue weighted by Crippen LogP contribution is 2.39. The van der Waals surface area contributed by atoms with Gasteiger partial charge in [0.2, 0.25) is 10.0 Å². The third-order valence-corrected chi connectivity index (χ3v) is 7.11. The fourth-order valence-corrected chi connectivity index (χ4v) is 5.66. The first kappa shape index (κ1) is 20.7. The molecule has 1 unspecified atom stereocenters. The van der Waals surface area contributed by atoms with E-state index in [9.17, 15) is 8.42 Å². The molecule has 1 atom stereocenters. The van der Waals surface area contributed by atoms with E-state index in [0.717, 1.165) is 13.1 Å². The van der Waals surface area contributed by atoms with Gasteiger partial charge in [-0.2, -0.15) is 0 Å². The first-order valence-corrected chi connectivity index (χ1v) is 11.1. The summed E-state index contributed by atoms with van der Waals surface area (Å²) in [5.74, 6) is 0.334. The highest BCUT2D eigenvalue weighted by atomic mass is 32.2. The Morgan fingerprint density at radius 3 is 2.36 bits per heavy atom. The Morgan fingerprint density at radius 2 is 1.75 bits per heavy atom. The highest BCUT2D eigenvalue weighted by Gasteiger charge is 2.51. The van der Waals surface area contributed by atoms with Crippen molar-refractivity contribution < 1.29 is 13.2 Å². The monoisotopic (exact) mass is 419 g/mol. The Balaban J connectivity index is 2.14. The first-order valence-electron chi connectivity index (χ1n) is 9.14. The number of methoxy groups -OCH3 is 1. The molecular formula is C20H25N3O3S2. The van der Waals surface area contributed by atoms with Crippen molar-refractivity contribution in [2.75, 3.05) is 20.2 Å². The number of ether oxygens (including phenoxy) is 1. The molecule has 1 aliphatic heterocycles. The zero-order valence-corrected chi connectivity index (χ0v) is 17.4. The zero-order valence-electron chi connectivity index (χ0n) is 15.7. The molecule has 0 amide bonds. The van der Waals surface area contributed by atoms with Crippen molar-refractivity contribution in [1.82, 2.24) is 10.6 Å².